The van der Waals surface area contributed by atoms with E-state index in [2.05, 4.69) is 15.0 Å². The average Bonchev–Trinajstić information content (AvgIpc) is 2.74. The molecule has 0 heterocycles. The number of anilines is 1. The summed E-state index contributed by atoms with van der Waals surface area (Å²) in [5, 5.41) is 3.52. The summed E-state index contributed by atoms with van der Waals surface area (Å²) in [5.74, 6) is -0.570. The number of hydrogen-bond donors (Lipinski definition) is 3. The van der Waals surface area contributed by atoms with Crippen LogP contribution < -0.4 is 15.8 Å². The summed E-state index contributed by atoms with van der Waals surface area (Å²) < 4.78 is 26.9. The monoisotopic (exact) mass is 490 g/mol. The predicted molar refractivity (Wildman–Crippen MR) is 128 cm³/mol. The van der Waals surface area contributed by atoms with Crippen molar-refractivity contribution in [3.05, 3.63) is 93.5 Å². The van der Waals surface area contributed by atoms with Crippen molar-refractivity contribution in [1.82, 2.24) is 4.72 Å². The van der Waals surface area contributed by atoms with E-state index in [4.69, 9.17) is 28.9 Å². The minimum absolute atomic E-state index is 0.0948. The number of nitrogens with zero attached hydrogens (tertiary/aromatic N) is 1. The average molecular weight is 491 g/mol. The minimum atomic E-state index is -3.81. The second-order valence-electron chi connectivity index (χ2n) is 6.90. The zero-order valence-corrected chi connectivity index (χ0v) is 19.3. The first kappa shape index (κ1) is 23.6. The molecule has 0 atom stereocenters. The van der Waals surface area contributed by atoms with Gasteiger partial charge in [-0.1, -0.05) is 53.0 Å². The van der Waals surface area contributed by atoms with Gasteiger partial charge in [-0.15, -0.1) is 0 Å². The fourth-order valence-corrected chi connectivity index (χ4v) is 4.08. The molecule has 0 fully saturated rings. The first-order valence-electron chi connectivity index (χ1n) is 9.39. The van der Waals surface area contributed by atoms with E-state index in [1.165, 1.54) is 18.2 Å². The highest BCUT2D eigenvalue weighted by Gasteiger charge is 2.14. The highest BCUT2D eigenvalue weighted by molar-refractivity contribution is 7.90. The van der Waals surface area contributed by atoms with Gasteiger partial charge < -0.3 is 11.1 Å². The molecule has 0 saturated heterocycles. The number of carbonyl (C=O) groups is 1. The van der Waals surface area contributed by atoms with Crippen LogP contribution in [-0.4, -0.2) is 20.3 Å². The minimum Gasteiger partial charge on any atom is -0.369 e. The summed E-state index contributed by atoms with van der Waals surface area (Å²) in [6, 6.07) is 17.8. The number of aliphatic imine (C=N–C) groups is 1. The van der Waals surface area contributed by atoms with E-state index in [1.807, 2.05) is 6.92 Å². The Balaban J connectivity index is 1.61. The van der Waals surface area contributed by atoms with E-state index in [9.17, 15) is 13.2 Å². The largest absolute Gasteiger partial charge is 0.369 e. The molecule has 0 unspecified atom stereocenters. The van der Waals surface area contributed by atoms with Gasteiger partial charge in [-0.25, -0.2) is 18.1 Å². The lowest BCUT2D eigenvalue weighted by Crippen LogP contribution is -2.36. The van der Waals surface area contributed by atoms with Gasteiger partial charge >= 0.3 is 0 Å². The molecule has 3 aromatic carbocycles. The zero-order valence-electron chi connectivity index (χ0n) is 17.0. The van der Waals surface area contributed by atoms with E-state index in [0.29, 0.717) is 21.3 Å². The Hall–Kier alpha value is -3.07. The third-order valence-electron chi connectivity index (χ3n) is 4.40. The highest BCUT2D eigenvalue weighted by Crippen LogP contribution is 2.25. The third kappa shape index (κ3) is 6.23. The Morgan fingerprint density at radius 2 is 1.66 bits per heavy atom. The van der Waals surface area contributed by atoms with E-state index < -0.39 is 10.0 Å². The number of guanidine groups is 1. The van der Waals surface area contributed by atoms with Crippen LogP contribution in [-0.2, 0) is 16.6 Å². The van der Waals surface area contributed by atoms with Crippen molar-refractivity contribution in [2.75, 3.05) is 5.32 Å². The molecule has 0 saturated carbocycles. The molecule has 1 amide bonds. The van der Waals surface area contributed by atoms with Crippen LogP contribution in [0.3, 0.4) is 0 Å². The number of hydrogen-bond acceptors (Lipinski definition) is 4. The molecule has 10 heteroatoms. The van der Waals surface area contributed by atoms with Gasteiger partial charge in [0.25, 0.3) is 15.9 Å². The molecular formula is C22H20Cl2N4O3S. The van der Waals surface area contributed by atoms with Gasteiger partial charge in [0.05, 0.1) is 22.2 Å². The van der Waals surface area contributed by atoms with Crippen LogP contribution in [0.2, 0.25) is 10.0 Å². The van der Waals surface area contributed by atoms with Crippen molar-refractivity contribution in [3.63, 3.8) is 0 Å². The van der Waals surface area contributed by atoms with Crippen molar-refractivity contribution in [1.29, 1.82) is 0 Å². The van der Waals surface area contributed by atoms with Crippen LogP contribution in [0.1, 0.15) is 21.5 Å². The summed E-state index contributed by atoms with van der Waals surface area (Å²) in [5.41, 5.74) is 8.28. The predicted octanol–water partition coefficient (Wildman–Crippen LogP) is 4.35. The molecule has 7 nitrogen and oxygen atoms in total. The number of halogens is 2. The number of nitrogens with one attached hydrogen (secondary N) is 2. The van der Waals surface area contributed by atoms with Crippen molar-refractivity contribution in [3.8, 4) is 0 Å². The second kappa shape index (κ2) is 10.0. The molecule has 3 rings (SSSR count). The Labute approximate surface area is 196 Å². The third-order valence-corrected chi connectivity index (χ3v) is 6.32. The lowest BCUT2D eigenvalue weighted by molar-refractivity contribution is 0.102. The molecule has 0 spiro atoms. The Bertz CT molecular complexity index is 1260. The lowest BCUT2D eigenvalue weighted by Gasteiger charge is -2.09. The van der Waals surface area contributed by atoms with Gasteiger partial charge in [0, 0.05) is 10.6 Å². The van der Waals surface area contributed by atoms with Crippen LogP contribution in [0.4, 0.5) is 5.69 Å². The maximum Gasteiger partial charge on any atom is 0.264 e. The molecule has 32 heavy (non-hydrogen) atoms. The quantitative estimate of drug-likeness (QED) is 0.352. The molecule has 0 aliphatic carbocycles. The second-order valence-corrected chi connectivity index (χ2v) is 9.42. The highest BCUT2D eigenvalue weighted by atomic mass is 35.5. The fraction of sp³-hybridized carbons (Fsp3) is 0.0909. The number of amides is 1. The zero-order chi connectivity index (χ0) is 23.3. The maximum absolute atomic E-state index is 12.4. The van der Waals surface area contributed by atoms with Crippen molar-refractivity contribution < 1.29 is 13.2 Å². The Morgan fingerprint density at radius 1 is 1.00 bits per heavy atom. The summed E-state index contributed by atoms with van der Waals surface area (Å²) in [6.07, 6.45) is 0. The molecule has 0 aliphatic rings. The van der Waals surface area contributed by atoms with E-state index in [0.717, 1.165) is 11.1 Å². The normalized spacial score (nSPS) is 11.8. The van der Waals surface area contributed by atoms with Crippen molar-refractivity contribution in [2.45, 2.75) is 18.4 Å². The Kier molecular flexibility index (Phi) is 7.40. The summed E-state index contributed by atoms with van der Waals surface area (Å²) in [6.45, 7) is 1.99. The van der Waals surface area contributed by atoms with E-state index in [1.54, 1.807) is 48.5 Å². The lowest BCUT2D eigenvalue weighted by atomic mass is 10.1. The smallest absolute Gasteiger partial charge is 0.264 e. The van der Waals surface area contributed by atoms with Crippen LogP contribution in [0.5, 0.6) is 0 Å². The van der Waals surface area contributed by atoms with Crippen molar-refractivity contribution >= 4 is 50.8 Å². The molecular weight excluding hydrogens is 471 g/mol. The number of carbonyl (C=O) groups excluding carboxylic acids is 1. The van der Waals surface area contributed by atoms with Gasteiger partial charge in [0.15, 0.2) is 0 Å². The van der Waals surface area contributed by atoms with Crippen LogP contribution in [0.15, 0.2) is 76.6 Å². The molecule has 0 aromatic heterocycles. The molecule has 0 bridgehead atoms. The van der Waals surface area contributed by atoms with Gasteiger partial charge in [0.2, 0.25) is 5.96 Å². The molecule has 166 valence electrons. The first-order valence-corrected chi connectivity index (χ1v) is 11.6. The number of rotatable bonds is 6. The van der Waals surface area contributed by atoms with Crippen LogP contribution in [0, 0.1) is 6.92 Å². The SMILES string of the molecule is Cc1ccc(S(=O)(=O)NC(N)=NCc2ccc(C(=O)Nc3ccc(Cl)cc3Cl)cc2)cc1. The van der Waals surface area contributed by atoms with Crippen LogP contribution >= 0.6 is 23.2 Å². The maximum atomic E-state index is 12.4. The molecule has 0 aliphatic heterocycles. The number of aryl methyl sites for hydroxylation is 1. The first-order chi connectivity index (χ1) is 15.1. The number of nitrogens with two attached hydrogens (primary N) is 1. The van der Waals surface area contributed by atoms with E-state index >= 15 is 0 Å². The molecule has 3 aromatic rings. The van der Waals surface area contributed by atoms with Gasteiger partial charge in [-0.3, -0.25) is 4.79 Å². The molecule has 4 N–H and O–H groups in total. The summed E-state index contributed by atoms with van der Waals surface area (Å²) in [7, 11) is -3.81. The van der Waals surface area contributed by atoms with Gasteiger partial charge in [-0.05, 0) is 55.0 Å². The van der Waals surface area contributed by atoms with E-state index in [-0.39, 0.29) is 23.3 Å². The summed E-state index contributed by atoms with van der Waals surface area (Å²) >= 11 is 11.9. The van der Waals surface area contributed by atoms with Gasteiger partial charge in [-0.2, -0.15) is 0 Å². The van der Waals surface area contributed by atoms with Crippen molar-refractivity contribution in [2.24, 2.45) is 10.7 Å². The molecule has 0 radical (unpaired) electrons. The standard InChI is InChI=1S/C22H20Cl2N4O3S/c1-14-2-9-18(10-3-14)32(30,31)28-22(25)26-13-15-4-6-16(7-5-15)21(29)27-20-11-8-17(23)12-19(20)24/h2-12H,13H2,1H3,(H,27,29)(H3,25,26,28). The van der Waals surface area contributed by atoms with Crippen LogP contribution in [0.25, 0.3) is 0 Å². The number of benzene rings is 3. The van der Waals surface area contributed by atoms with Gasteiger partial charge in [0.1, 0.15) is 0 Å². The summed E-state index contributed by atoms with van der Waals surface area (Å²) in [4.78, 5) is 16.6. The Morgan fingerprint density at radius 3 is 2.28 bits per heavy atom. The fourth-order valence-electron chi connectivity index (χ4n) is 2.67. The topological polar surface area (TPSA) is 114 Å². The number of sulfonamides is 1.